The molecule has 0 spiro atoms. The summed E-state index contributed by atoms with van der Waals surface area (Å²) in [6.45, 7) is 3.22. The summed E-state index contributed by atoms with van der Waals surface area (Å²) in [7, 11) is 3.96. The Kier molecular flexibility index (Phi) is 4.17. The van der Waals surface area contributed by atoms with Crippen LogP contribution in [0.3, 0.4) is 0 Å². The molecule has 1 N–H and O–H groups in total. The molecule has 2 heterocycles. The Balaban J connectivity index is 2.13. The van der Waals surface area contributed by atoms with E-state index in [1.165, 1.54) is 0 Å². The van der Waals surface area contributed by atoms with Crippen LogP contribution in [0.1, 0.15) is 16.2 Å². The largest absolute Gasteiger partial charge is 0.396 e. The van der Waals surface area contributed by atoms with Gasteiger partial charge in [-0.3, -0.25) is 4.79 Å². The van der Waals surface area contributed by atoms with Gasteiger partial charge in [-0.05, 0) is 33.2 Å². The van der Waals surface area contributed by atoms with E-state index in [9.17, 15) is 9.90 Å². The summed E-state index contributed by atoms with van der Waals surface area (Å²) >= 11 is 0. The Hall–Kier alpha value is -1.46. The predicted octanol–water partition coefficient (Wildman–Crippen LogP) is 0.385. The van der Waals surface area contributed by atoms with Crippen LogP contribution >= 0.6 is 0 Å². The quantitative estimate of drug-likeness (QED) is 0.857. The number of nitrogens with zero attached hydrogens (tertiary/aromatic N) is 3. The molecule has 19 heavy (non-hydrogen) atoms. The first kappa shape index (κ1) is 14.0. The van der Waals surface area contributed by atoms with Gasteiger partial charge < -0.3 is 14.9 Å². The molecule has 1 aliphatic rings. The summed E-state index contributed by atoms with van der Waals surface area (Å²) < 4.78 is 0. The van der Waals surface area contributed by atoms with Crippen molar-refractivity contribution in [1.29, 1.82) is 0 Å². The number of aromatic nitrogens is 1. The maximum atomic E-state index is 12.4. The molecule has 2 rings (SSSR count). The van der Waals surface area contributed by atoms with Crippen LogP contribution in [0.5, 0.6) is 0 Å². The van der Waals surface area contributed by atoms with Gasteiger partial charge in [-0.25, -0.2) is 4.98 Å². The molecule has 1 aliphatic heterocycles. The minimum atomic E-state index is -0.0495. The Morgan fingerprint density at radius 3 is 2.74 bits per heavy atom. The lowest BCUT2D eigenvalue weighted by Crippen LogP contribution is -2.37. The summed E-state index contributed by atoms with van der Waals surface area (Å²) in [5, 5.41) is 9.42. The van der Waals surface area contributed by atoms with E-state index in [4.69, 9.17) is 0 Å². The van der Waals surface area contributed by atoms with Crippen molar-refractivity contribution in [3.63, 3.8) is 0 Å². The van der Waals surface area contributed by atoms with Crippen LogP contribution in [0.25, 0.3) is 0 Å². The molecule has 0 bridgehead atoms. The molecule has 0 aliphatic carbocycles. The van der Waals surface area contributed by atoms with Crippen molar-refractivity contribution in [2.45, 2.75) is 13.0 Å². The zero-order valence-corrected chi connectivity index (χ0v) is 11.7. The van der Waals surface area contributed by atoms with Crippen LogP contribution in [0.2, 0.25) is 0 Å². The number of pyridine rings is 1. The van der Waals surface area contributed by atoms with Gasteiger partial charge in [0.15, 0.2) is 0 Å². The summed E-state index contributed by atoms with van der Waals surface area (Å²) in [6.07, 6.45) is 0. The molecule has 1 aromatic heterocycles. The van der Waals surface area contributed by atoms with Crippen molar-refractivity contribution in [3.8, 4) is 0 Å². The first-order valence-corrected chi connectivity index (χ1v) is 6.53. The highest BCUT2D eigenvalue weighted by Gasteiger charge is 2.36. The van der Waals surface area contributed by atoms with E-state index < -0.39 is 0 Å². The van der Waals surface area contributed by atoms with E-state index in [1.54, 1.807) is 11.0 Å². The van der Waals surface area contributed by atoms with Crippen molar-refractivity contribution in [1.82, 2.24) is 14.8 Å². The Bertz CT molecular complexity index is 462. The molecule has 104 valence electrons. The van der Waals surface area contributed by atoms with Gasteiger partial charge in [0.1, 0.15) is 5.69 Å². The average Bonchev–Trinajstić information content (AvgIpc) is 2.82. The third kappa shape index (κ3) is 2.93. The SMILES string of the molecule is Cc1cccc(C(=O)N2C[C@@H](CO)[C@H](N(C)C)C2)n1. The average molecular weight is 263 g/mol. The molecular formula is C14H21N3O2. The highest BCUT2D eigenvalue weighted by molar-refractivity contribution is 5.92. The van der Waals surface area contributed by atoms with Crippen molar-refractivity contribution >= 4 is 5.91 Å². The lowest BCUT2D eigenvalue weighted by atomic mass is 10.0. The van der Waals surface area contributed by atoms with Gasteiger partial charge in [-0.1, -0.05) is 6.07 Å². The standard InChI is InChI=1S/C14H21N3O2/c1-10-5-4-6-12(15-10)14(19)17-7-11(9-18)13(8-17)16(2)3/h4-6,11,13,18H,7-9H2,1-3H3/t11-,13+/m0/s1. The van der Waals surface area contributed by atoms with Crippen molar-refractivity contribution in [2.75, 3.05) is 33.8 Å². The number of hydrogen-bond donors (Lipinski definition) is 1. The third-order valence-corrected chi connectivity index (χ3v) is 3.70. The van der Waals surface area contributed by atoms with Crippen LogP contribution < -0.4 is 0 Å². The molecular weight excluding hydrogens is 242 g/mol. The van der Waals surface area contributed by atoms with E-state index in [-0.39, 0.29) is 24.5 Å². The van der Waals surface area contributed by atoms with E-state index in [0.717, 1.165) is 5.69 Å². The number of amides is 1. The van der Waals surface area contributed by atoms with Gasteiger partial charge in [0.05, 0.1) is 0 Å². The second-order valence-electron chi connectivity index (χ2n) is 5.35. The fourth-order valence-electron chi connectivity index (χ4n) is 2.61. The molecule has 1 amide bonds. The lowest BCUT2D eigenvalue weighted by Gasteiger charge is -2.23. The minimum absolute atomic E-state index is 0.0495. The summed E-state index contributed by atoms with van der Waals surface area (Å²) in [6, 6.07) is 5.67. The first-order chi connectivity index (χ1) is 9.02. The second kappa shape index (κ2) is 5.67. The number of carbonyl (C=O) groups excluding carboxylic acids is 1. The number of hydrogen-bond acceptors (Lipinski definition) is 4. The summed E-state index contributed by atoms with van der Waals surface area (Å²) in [5.41, 5.74) is 1.32. The van der Waals surface area contributed by atoms with E-state index in [0.29, 0.717) is 18.8 Å². The van der Waals surface area contributed by atoms with Crippen LogP contribution in [-0.2, 0) is 0 Å². The van der Waals surface area contributed by atoms with Crippen molar-refractivity contribution < 1.29 is 9.90 Å². The Labute approximate surface area is 113 Å². The smallest absolute Gasteiger partial charge is 0.272 e. The van der Waals surface area contributed by atoms with Crippen LogP contribution in [0.15, 0.2) is 18.2 Å². The number of likely N-dealkylation sites (tertiary alicyclic amines) is 1. The number of aliphatic hydroxyl groups is 1. The summed E-state index contributed by atoms with van der Waals surface area (Å²) in [5.74, 6) is 0.0651. The third-order valence-electron chi connectivity index (χ3n) is 3.70. The fourth-order valence-corrected chi connectivity index (χ4v) is 2.61. The molecule has 1 aromatic rings. The molecule has 0 saturated carbocycles. The topological polar surface area (TPSA) is 56.7 Å². The van der Waals surface area contributed by atoms with Gasteiger partial charge in [0.2, 0.25) is 0 Å². The summed E-state index contributed by atoms with van der Waals surface area (Å²) in [4.78, 5) is 20.5. The number of aliphatic hydroxyl groups excluding tert-OH is 1. The maximum Gasteiger partial charge on any atom is 0.272 e. The Morgan fingerprint density at radius 1 is 1.47 bits per heavy atom. The first-order valence-electron chi connectivity index (χ1n) is 6.53. The molecule has 2 atom stereocenters. The van der Waals surface area contributed by atoms with E-state index in [2.05, 4.69) is 9.88 Å². The number of carbonyl (C=O) groups is 1. The van der Waals surface area contributed by atoms with Crippen molar-refractivity contribution in [2.24, 2.45) is 5.92 Å². The number of likely N-dealkylation sites (N-methyl/N-ethyl adjacent to an activating group) is 1. The highest BCUT2D eigenvalue weighted by Crippen LogP contribution is 2.21. The van der Waals surface area contributed by atoms with E-state index in [1.807, 2.05) is 33.2 Å². The molecule has 5 nitrogen and oxygen atoms in total. The highest BCUT2D eigenvalue weighted by atomic mass is 16.3. The zero-order chi connectivity index (χ0) is 14.0. The molecule has 1 fully saturated rings. The maximum absolute atomic E-state index is 12.4. The van der Waals surface area contributed by atoms with Gasteiger partial charge in [0, 0.05) is 37.4 Å². The van der Waals surface area contributed by atoms with Gasteiger partial charge in [-0.2, -0.15) is 0 Å². The number of rotatable bonds is 3. The van der Waals surface area contributed by atoms with Gasteiger partial charge in [-0.15, -0.1) is 0 Å². The van der Waals surface area contributed by atoms with Crippen LogP contribution in [-0.4, -0.2) is 65.6 Å². The van der Waals surface area contributed by atoms with Crippen LogP contribution in [0.4, 0.5) is 0 Å². The fraction of sp³-hybridized carbons (Fsp3) is 0.571. The van der Waals surface area contributed by atoms with Crippen LogP contribution in [0, 0.1) is 12.8 Å². The number of aryl methyl sites for hydroxylation is 1. The molecule has 0 radical (unpaired) electrons. The van der Waals surface area contributed by atoms with Crippen molar-refractivity contribution in [3.05, 3.63) is 29.6 Å². The Morgan fingerprint density at radius 2 is 2.21 bits per heavy atom. The monoisotopic (exact) mass is 263 g/mol. The molecule has 0 unspecified atom stereocenters. The molecule has 0 aromatic carbocycles. The molecule has 5 heteroatoms. The van der Waals surface area contributed by atoms with Gasteiger partial charge >= 0.3 is 0 Å². The minimum Gasteiger partial charge on any atom is -0.396 e. The van der Waals surface area contributed by atoms with Gasteiger partial charge in [0.25, 0.3) is 5.91 Å². The normalized spacial score (nSPS) is 23.1. The second-order valence-corrected chi connectivity index (χ2v) is 5.35. The lowest BCUT2D eigenvalue weighted by molar-refractivity contribution is 0.0773. The zero-order valence-electron chi connectivity index (χ0n) is 11.7. The predicted molar refractivity (Wildman–Crippen MR) is 72.9 cm³/mol. The van der Waals surface area contributed by atoms with E-state index >= 15 is 0 Å². The molecule has 1 saturated heterocycles.